The maximum Gasteiger partial charge on any atom is 0.265 e. The number of hydrogen-bond acceptors (Lipinski definition) is 6. The largest absolute Gasteiger partial charge is 0.496 e. The summed E-state index contributed by atoms with van der Waals surface area (Å²) in [5.41, 5.74) is 2.64. The van der Waals surface area contributed by atoms with Crippen LogP contribution in [0.2, 0.25) is 0 Å². The Morgan fingerprint density at radius 3 is 2.56 bits per heavy atom. The molecule has 0 atom stereocenters. The lowest BCUT2D eigenvalue weighted by molar-refractivity contribution is -0.122. The Hall–Kier alpha value is -3.34. The van der Waals surface area contributed by atoms with E-state index in [1.54, 1.807) is 12.0 Å². The van der Waals surface area contributed by atoms with Crippen molar-refractivity contribution in [3.63, 3.8) is 0 Å². The monoisotopic (exact) mass is 638 g/mol. The van der Waals surface area contributed by atoms with Crippen molar-refractivity contribution in [3.05, 3.63) is 87.5 Å². The van der Waals surface area contributed by atoms with Crippen LogP contribution in [0.4, 0.5) is 15.8 Å². The molecule has 2 aliphatic rings. The molecule has 0 unspecified atom stereocenters. The van der Waals surface area contributed by atoms with Crippen LogP contribution in [0.3, 0.4) is 0 Å². The number of fused-ring (bicyclic) bond motifs is 1. The minimum Gasteiger partial charge on any atom is -0.496 e. The topological polar surface area (TPSA) is 65.1 Å². The van der Waals surface area contributed by atoms with Gasteiger partial charge in [-0.1, -0.05) is 30.0 Å². The molecule has 3 aromatic carbocycles. The van der Waals surface area contributed by atoms with Gasteiger partial charge in [0.2, 0.25) is 5.91 Å². The van der Waals surface area contributed by atoms with Gasteiger partial charge in [0, 0.05) is 43.3 Å². The van der Waals surface area contributed by atoms with Crippen LogP contribution in [-0.4, -0.2) is 69.6 Å². The van der Waals surface area contributed by atoms with Crippen molar-refractivity contribution in [2.45, 2.75) is 11.3 Å². The third-order valence-corrected chi connectivity index (χ3v) is 8.84. The summed E-state index contributed by atoms with van der Waals surface area (Å²) in [7, 11) is 1.61. The van der Waals surface area contributed by atoms with E-state index in [0.29, 0.717) is 17.2 Å². The van der Waals surface area contributed by atoms with Crippen LogP contribution >= 0.6 is 27.7 Å². The number of thioether (sulfide) groups is 1. The Morgan fingerprint density at radius 2 is 1.83 bits per heavy atom. The smallest absolute Gasteiger partial charge is 0.265 e. The first-order valence-corrected chi connectivity index (χ1v) is 15.2. The summed E-state index contributed by atoms with van der Waals surface area (Å²) in [4.78, 5) is 34.1. The molecule has 3 aromatic rings. The number of para-hydroxylation sites is 1. The van der Waals surface area contributed by atoms with Crippen LogP contribution in [-0.2, 0) is 9.59 Å². The van der Waals surface area contributed by atoms with E-state index in [2.05, 4.69) is 31.0 Å². The molecule has 7 nitrogen and oxygen atoms in total. The van der Waals surface area contributed by atoms with Gasteiger partial charge in [0.05, 0.1) is 22.2 Å². The SMILES string of the molecule is COc1ccc(C=C2Sc3ccccc3N(CC(=O)NCCCN3CCN(c4ccc(F)cc4)CC3)C2=O)cc1Br. The predicted molar refractivity (Wildman–Crippen MR) is 166 cm³/mol. The van der Waals surface area contributed by atoms with Gasteiger partial charge in [-0.05, 0) is 89.1 Å². The molecule has 2 heterocycles. The van der Waals surface area contributed by atoms with Crippen LogP contribution in [0, 0.1) is 5.82 Å². The van der Waals surface area contributed by atoms with E-state index in [4.69, 9.17) is 4.74 Å². The van der Waals surface area contributed by atoms with Crippen molar-refractivity contribution in [2.24, 2.45) is 0 Å². The number of nitrogens with one attached hydrogen (secondary N) is 1. The van der Waals surface area contributed by atoms with E-state index in [1.165, 1.54) is 23.9 Å². The number of amides is 2. The molecule has 10 heteroatoms. The molecule has 0 aromatic heterocycles. The van der Waals surface area contributed by atoms with Crippen LogP contribution in [0.5, 0.6) is 5.75 Å². The zero-order chi connectivity index (χ0) is 28.8. The summed E-state index contributed by atoms with van der Waals surface area (Å²) < 4.78 is 19.3. The Kier molecular flexibility index (Phi) is 9.64. The first-order valence-electron chi connectivity index (χ1n) is 13.5. The molecule has 2 amide bonds. The van der Waals surface area contributed by atoms with E-state index < -0.39 is 0 Å². The fourth-order valence-corrected chi connectivity index (χ4v) is 6.57. The van der Waals surface area contributed by atoms with Crippen molar-refractivity contribution in [1.29, 1.82) is 0 Å². The number of ether oxygens (including phenoxy) is 1. The molecule has 1 saturated heterocycles. The van der Waals surface area contributed by atoms with Gasteiger partial charge in [0.15, 0.2) is 0 Å². The Balaban J connectivity index is 1.13. The molecule has 0 saturated carbocycles. The van der Waals surface area contributed by atoms with Crippen LogP contribution < -0.4 is 19.9 Å². The first kappa shape index (κ1) is 29.2. The van der Waals surface area contributed by atoms with Crippen molar-refractivity contribution >= 4 is 57.0 Å². The summed E-state index contributed by atoms with van der Waals surface area (Å²) in [6, 6.07) is 19.9. The lowest BCUT2D eigenvalue weighted by Gasteiger charge is -2.36. The van der Waals surface area contributed by atoms with Crippen molar-refractivity contribution < 1.29 is 18.7 Å². The van der Waals surface area contributed by atoms with E-state index in [0.717, 1.165) is 65.5 Å². The molecule has 2 aliphatic heterocycles. The number of carbonyl (C=O) groups is 2. The highest BCUT2D eigenvalue weighted by atomic mass is 79.9. The predicted octanol–water partition coefficient (Wildman–Crippen LogP) is 5.41. The molecule has 5 rings (SSSR count). The van der Waals surface area contributed by atoms with Crippen LogP contribution in [0.1, 0.15) is 12.0 Å². The first-order chi connectivity index (χ1) is 19.9. The number of methoxy groups -OCH3 is 1. The number of carbonyl (C=O) groups excluding carboxylic acids is 2. The van der Waals surface area contributed by atoms with Gasteiger partial charge >= 0.3 is 0 Å². The van der Waals surface area contributed by atoms with E-state index >= 15 is 0 Å². The molecule has 1 N–H and O–H groups in total. The maximum absolute atomic E-state index is 13.5. The maximum atomic E-state index is 13.5. The Morgan fingerprint density at radius 1 is 1.07 bits per heavy atom. The lowest BCUT2D eigenvalue weighted by atomic mass is 10.2. The summed E-state index contributed by atoms with van der Waals surface area (Å²) >= 11 is 4.91. The Labute approximate surface area is 252 Å². The summed E-state index contributed by atoms with van der Waals surface area (Å²) in [6.07, 6.45) is 2.66. The van der Waals surface area contributed by atoms with E-state index in [-0.39, 0.29) is 24.2 Å². The second-order valence-electron chi connectivity index (χ2n) is 9.87. The summed E-state index contributed by atoms with van der Waals surface area (Å²) in [5, 5.41) is 2.99. The average Bonchev–Trinajstić information content (AvgIpc) is 2.98. The highest BCUT2D eigenvalue weighted by Gasteiger charge is 2.30. The molecule has 0 aliphatic carbocycles. The van der Waals surface area contributed by atoms with Gasteiger partial charge in [0.1, 0.15) is 18.1 Å². The third kappa shape index (κ3) is 7.30. The standard InChI is InChI=1S/C31H32BrFN4O3S/c1-40-27-12-7-22(19-25(27)32)20-29-31(39)37(26-5-2-3-6-28(26)41-29)21-30(38)34-13-4-14-35-15-17-36(18-16-35)24-10-8-23(33)9-11-24/h2-3,5-12,19-20H,4,13-18,21H2,1H3,(H,34,38). The minimum absolute atomic E-state index is 0.0452. The van der Waals surface area contributed by atoms with Crippen LogP contribution in [0.15, 0.2) is 81.0 Å². The van der Waals surface area contributed by atoms with Crippen molar-refractivity contribution in [2.75, 3.05) is 62.7 Å². The highest BCUT2D eigenvalue weighted by molar-refractivity contribution is 9.10. The van der Waals surface area contributed by atoms with Gasteiger partial charge < -0.3 is 15.0 Å². The molecule has 1 fully saturated rings. The number of halogens is 2. The number of rotatable bonds is 9. The normalized spacial score (nSPS) is 16.6. The van der Waals surface area contributed by atoms with E-state index in [1.807, 2.05) is 60.7 Å². The molecule has 0 radical (unpaired) electrons. The number of benzene rings is 3. The molecule has 41 heavy (non-hydrogen) atoms. The zero-order valence-corrected chi connectivity index (χ0v) is 25.2. The molecule has 214 valence electrons. The number of piperazine rings is 1. The number of anilines is 2. The summed E-state index contributed by atoms with van der Waals surface area (Å²) in [6.45, 7) is 4.98. The molecular formula is C31H32BrFN4O3S. The van der Waals surface area contributed by atoms with Gasteiger partial charge in [-0.2, -0.15) is 0 Å². The second kappa shape index (κ2) is 13.5. The molecule has 0 spiro atoms. The van der Waals surface area contributed by atoms with Gasteiger partial charge in [-0.15, -0.1) is 0 Å². The molecular weight excluding hydrogens is 607 g/mol. The van der Waals surface area contributed by atoms with Crippen molar-refractivity contribution in [3.8, 4) is 5.75 Å². The fourth-order valence-electron chi connectivity index (χ4n) is 4.95. The zero-order valence-electron chi connectivity index (χ0n) is 22.8. The third-order valence-electron chi connectivity index (χ3n) is 7.14. The molecule has 0 bridgehead atoms. The highest BCUT2D eigenvalue weighted by Crippen LogP contribution is 2.42. The van der Waals surface area contributed by atoms with Gasteiger partial charge in [-0.3, -0.25) is 19.4 Å². The quantitative estimate of drug-likeness (QED) is 0.250. The summed E-state index contributed by atoms with van der Waals surface area (Å²) in [5.74, 6) is 0.106. The van der Waals surface area contributed by atoms with Crippen molar-refractivity contribution in [1.82, 2.24) is 10.2 Å². The number of nitrogens with zero attached hydrogens (tertiary/aromatic N) is 3. The average molecular weight is 640 g/mol. The lowest BCUT2D eigenvalue weighted by Crippen LogP contribution is -2.47. The van der Waals surface area contributed by atoms with Gasteiger partial charge in [0.25, 0.3) is 5.91 Å². The van der Waals surface area contributed by atoms with Gasteiger partial charge in [-0.25, -0.2) is 4.39 Å². The number of hydrogen-bond donors (Lipinski definition) is 1. The fraction of sp³-hybridized carbons (Fsp3) is 0.290. The van der Waals surface area contributed by atoms with E-state index in [9.17, 15) is 14.0 Å². The second-order valence-corrected chi connectivity index (χ2v) is 11.8. The Bertz CT molecular complexity index is 1430. The van der Waals surface area contributed by atoms with Crippen LogP contribution in [0.25, 0.3) is 6.08 Å². The minimum atomic E-state index is -0.221.